The third kappa shape index (κ3) is 2.47. The molecule has 21 heavy (non-hydrogen) atoms. The van der Waals surface area contributed by atoms with Crippen molar-refractivity contribution in [2.45, 2.75) is 49.1 Å². The van der Waals surface area contributed by atoms with Crippen LogP contribution >= 0.6 is 0 Å². The van der Waals surface area contributed by atoms with Crippen LogP contribution in [0.5, 0.6) is 0 Å². The normalized spacial score (nSPS) is 30.3. The summed E-state index contributed by atoms with van der Waals surface area (Å²) in [7, 11) is 4.37. The van der Waals surface area contributed by atoms with Crippen molar-refractivity contribution in [3.63, 3.8) is 0 Å². The van der Waals surface area contributed by atoms with Gasteiger partial charge < -0.3 is 10.2 Å². The van der Waals surface area contributed by atoms with Crippen LogP contribution in [0.1, 0.15) is 37.7 Å². The molecule has 0 heterocycles. The summed E-state index contributed by atoms with van der Waals surface area (Å²) in [5, 5.41) is 13.3. The van der Waals surface area contributed by atoms with Crippen molar-refractivity contribution in [2.24, 2.45) is 0 Å². The zero-order valence-electron chi connectivity index (χ0n) is 13.1. The molecule has 2 fully saturated rings. The number of nitrogens with one attached hydrogen (secondary N) is 1. The first kappa shape index (κ1) is 14.6. The van der Waals surface area contributed by atoms with Crippen molar-refractivity contribution in [3.05, 3.63) is 35.9 Å². The van der Waals surface area contributed by atoms with Gasteiger partial charge in [-0.3, -0.25) is 0 Å². The molecule has 2 saturated carbocycles. The number of benzene rings is 1. The fourth-order valence-corrected chi connectivity index (χ4v) is 3.78. The number of nitriles is 1. The maximum atomic E-state index is 9.60. The Morgan fingerprint density at radius 1 is 1.24 bits per heavy atom. The molecule has 112 valence electrons. The lowest BCUT2D eigenvalue weighted by molar-refractivity contribution is 0.0499. The second-order valence-electron chi connectivity index (χ2n) is 7.02. The molecule has 2 aliphatic rings. The predicted octanol–water partition coefficient (Wildman–Crippen LogP) is 2.68. The highest BCUT2D eigenvalue weighted by Crippen LogP contribution is 2.44. The Hall–Kier alpha value is -1.37. The van der Waals surface area contributed by atoms with Crippen LogP contribution in [0, 0.1) is 11.3 Å². The highest BCUT2D eigenvalue weighted by atomic mass is 15.2. The molecule has 0 amide bonds. The summed E-state index contributed by atoms with van der Waals surface area (Å²) in [5.74, 6) is 0. The zero-order chi connectivity index (χ0) is 14.9. The predicted molar refractivity (Wildman–Crippen MR) is 85.0 cm³/mol. The van der Waals surface area contributed by atoms with E-state index >= 15 is 0 Å². The molecule has 2 aliphatic carbocycles. The minimum absolute atomic E-state index is 0.260. The lowest BCUT2D eigenvalue weighted by Gasteiger charge is -2.50. The van der Waals surface area contributed by atoms with E-state index in [0.717, 1.165) is 19.4 Å². The van der Waals surface area contributed by atoms with Crippen molar-refractivity contribution >= 4 is 0 Å². The smallest absolute Gasteiger partial charge is 0.0852 e. The average molecular weight is 283 g/mol. The van der Waals surface area contributed by atoms with E-state index in [9.17, 15) is 5.26 Å². The highest BCUT2D eigenvalue weighted by molar-refractivity contribution is 5.36. The van der Waals surface area contributed by atoms with E-state index in [4.69, 9.17) is 0 Å². The van der Waals surface area contributed by atoms with Crippen LogP contribution in [0.4, 0.5) is 0 Å². The van der Waals surface area contributed by atoms with E-state index in [1.54, 1.807) is 0 Å². The van der Waals surface area contributed by atoms with Crippen LogP contribution in [0.2, 0.25) is 0 Å². The lowest BCUT2D eigenvalue weighted by Crippen LogP contribution is -2.60. The highest BCUT2D eigenvalue weighted by Gasteiger charge is 2.47. The van der Waals surface area contributed by atoms with Gasteiger partial charge in [0, 0.05) is 18.1 Å². The fourth-order valence-electron chi connectivity index (χ4n) is 3.78. The summed E-state index contributed by atoms with van der Waals surface area (Å²) in [4.78, 5) is 2.37. The Labute approximate surface area is 128 Å². The van der Waals surface area contributed by atoms with Crippen LogP contribution < -0.4 is 5.32 Å². The summed E-state index contributed by atoms with van der Waals surface area (Å²) >= 11 is 0. The molecule has 0 saturated heterocycles. The number of rotatable bonds is 5. The maximum Gasteiger partial charge on any atom is 0.0852 e. The van der Waals surface area contributed by atoms with Crippen LogP contribution in [-0.2, 0) is 5.41 Å². The lowest BCUT2D eigenvalue weighted by atomic mass is 9.62. The minimum Gasteiger partial charge on any atom is -0.312 e. The van der Waals surface area contributed by atoms with Gasteiger partial charge in [0.05, 0.1) is 11.5 Å². The Bertz CT molecular complexity index is 519. The summed E-state index contributed by atoms with van der Waals surface area (Å²) in [5.41, 5.74) is 1.28. The molecule has 0 aliphatic heterocycles. The second kappa shape index (κ2) is 5.44. The number of likely N-dealkylation sites (N-methyl/N-ethyl adjacent to an activating group) is 1. The van der Waals surface area contributed by atoms with Crippen molar-refractivity contribution in [1.82, 2.24) is 10.2 Å². The molecule has 0 atom stereocenters. The summed E-state index contributed by atoms with van der Waals surface area (Å²) in [6.07, 6.45) is 5.81. The standard InChI is InChI=1S/C18H25N3/c1-21(2)18(9-6-10-18)14-20-16-11-17(12-16,13-19)15-7-4-3-5-8-15/h3-5,7-8,16,20H,6,9-12,14H2,1-2H3. The van der Waals surface area contributed by atoms with Crippen LogP contribution in [0.15, 0.2) is 30.3 Å². The third-order valence-electron chi connectivity index (χ3n) is 5.68. The molecule has 0 radical (unpaired) electrons. The molecule has 1 aromatic carbocycles. The van der Waals surface area contributed by atoms with Gasteiger partial charge in [0.25, 0.3) is 0 Å². The number of hydrogen-bond acceptors (Lipinski definition) is 3. The molecule has 0 spiro atoms. The molecule has 3 heteroatoms. The summed E-state index contributed by atoms with van der Waals surface area (Å²) in [6, 6.07) is 13.3. The van der Waals surface area contributed by atoms with E-state index in [1.165, 1.54) is 24.8 Å². The van der Waals surface area contributed by atoms with Gasteiger partial charge in [0.1, 0.15) is 0 Å². The molecule has 0 aromatic heterocycles. The first-order chi connectivity index (χ1) is 10.1. The number of nitrogens with zero attached hydrogens (tertiary/aromatic N) is 2. The molecule has 0 bridgehead atoms. The van der Waals surface area contributed by atoms with Crippen molar-refractivity contribution in [2.75, 3.05) is 20.6 Å². The van der Waals surface area contributed by atoms with Crippen molar-refractivity contribution in [3.8, 4) is 6.07 Å². The third-order valence-corrected chi connectivity index (χ3v) is 5.68. The molecular formula is C18H25N3. The van der Waals surface area contributed by atoms with Crippen molar-refractivity contribution < 1.29 is 0 Å². The van der Waals surface area contributed by atoms with Gasteiger partial charge in [-0.2, -0.15) is 5.26 Å². The van der Waals surface area contributed by atoms with E-state index < -0.39 is 0 Å². The first-order valence-electron chi connectivity index (χ1n) is 7.98. The average Bonchev–Trinajstić information content (AvgIpc) is 2.40. The maximum absolute atomic E-state index is 9.60. The van der Waals surface area contributed by atoms with Gasteiger partial charge >= 0.3 is 0 Å². The molecule has 3 nitrogen and oxygen atoms in total. The van der Waals surface area contributed by atoms with E-state index in [1.807, 2.05) is 18.2 Å². The van der Waals surface area contributed by atoms with Crippen molar-refractivity contribution in [1.29, 1.82) is 5.26 Å². The second-order valence-corrected chi connectivity index (χ2v) is 7.02. The zero-order valence-corrected chi connectivity index (χ0v) is 13.1. The van der Waals surface area contributed by atoms with Gasteiger partial charge in [-0.05, 0) is 51.8 Å². The van der Waals surface area contributed by atoms with Gasteiger partial charge in [-0.25, -0.2) is 0 Å². The molecule has 3 rings (SSSR count). The SMILES string of the molecule is CN(C)C1(CNC2CC(C#N)(c3ccccc3)C2)CCC1. The quantitative estimate of drug-likeness (QED) is 0.903. The summed E-state index contributed by atoms with van der Waals surface area (Å²) < 4.78 is 0. The molecular weight excluding hydrogens is 258 g/mol. The van der Waals surface area contributed by atoms with E-state index in [2.05, 4.69) is 42.5 Å². The fraction of sp³-hybridized carbons (Fsp3) is 0.611. The van der Waals surface area contributed by atoms with Crippen LogP contribution in [0.3, 0.4) is 0 Å². The molecule has 1 aromatic rings. The monoisotopic (exact) mass is 283 g/mol. The van der Waals surface area contributed by atoms with Gasteiger partial charge in [0.15, 0.2) is 0 Å². The summed E-state index contributed by atoms with van der Waals surface area (Å²) in [6.45, 7) is 1.06. The first-order valence-corrected chi connectivity index (χ1v) is 7.98. The molecule has 0 unspecified atom stereocenters. The Morgan fingerprint density at radius 3 is 2.38 bits per heavy atom. The van der Waals surface area contributed by atoms with E-state index in [0.29, 0.717) is 11.6 Å². The minimum atomic E-state index is -0.260. The Morgan fingerprint density at radius 2 is 1.90 bits per heavy atom. The van der Waals surface area contributed by atoms with Gasteiger partial charge in [-0.1, -0.05) is 30.3 Å². The Balaban J connectivity index is 1.57. The number of hydrogen-bond donors (Lipinski definition) is 1. The largest absolute Gasteiger partial charge is 0.312 e. The molecule has 1 N–H and O–H groups in total. The topological polar surface area (TPSA) is 39.1 Å². The Kier molecular flexibility index (Phi) is 3.77. The van der Waals surface area contributed by atoms with E-state index in [-0.39, 0.29) is 5.41 Å². The van der Waals surface area contributed by atoms with Gasteiger partial charge in [0.2, 0.25) is 0 Å². The van der Waals surface area contributed by atoms with Gasteiger partial charge in [-0.15, -0.1) is 0 Å². The van der Waals surface area contributed by atoms with Crippen LogP contribution in [-0.4, -0.2) is 37.1 Å². The van der Waals surface area contributed by atoms with Crippen LogP contribution in [0.25, 0.3) is 0 Å².